The Balaban J connectivity index is 0.000000531. The van der Waals surface area contributed by atoms with Crippen molar-refractivity contribution in [2.24, 2.45) is 0 Å². The summed E-state index contributed by atoms with van der Waals surface area (Å²) in [7, 11) is 0. The van der Waals surface area contributed by atoms with Crippen LogP contribution in [0.1, 0.15) is 39.2 Å². The average molecular weight is 201 g/mol. The van der Waals surface area contributed by atoms with Crippen LogP contribution in [0.25, 0.3) is 10.8 Å². The van der Waals surface area contributed by atoms with E-state index in [1.807, 2.05) is 32.3 Å². The lowest BCUT2D eigenvalue weighted by molar-refractivity contribution is 0.868. The van der Waals surface area contributed by atoms with E-state index < -0.39 is 0 Å². The van der Waals surface area contributed by atoms with Gasteiger partial charge in [-0.15, -0.1) is 0 Å². The Morgan fingerprint density at radius 3 is 2.40 bits per heavy atom. The van der Waals surface area contributed by atoms with Crippen LogP contribution in [0.5, 0.6) is 0 Å². The normalized spacial score (nSPS) is 9.93. The first-order valence-corrected chi connectivity index (χ1v) is 5.61. The monoisotopic (exact) mass is 201 g/mol. The predicted molar refractivity (Wildman–Crippen MR) is 67.2 cm³/mol. The summed E-state index contributed by atoms with van der Waals surface area (Å²) < 4.78 is 0. The minimum atomic E-state index is 0.588. The number of benzene rings is 1. The van der Waals surface area contributed by atoms with Crippen LogP contribution in [-0.2, 0) is 0 Å². The summed E-state index contributed by atoms with van der Waals surface area (Å²) in [6.07, 6.45) is 3.75. The summed E-state index contributed by atoms with van der Waals surface area (Å²) in [5, 5.41) is 2.49. The van der Waals surface area contributed by atoms with Crippen LogP contribution in [0.15, 0.2) is 36.7 Å². The molecule has 0 N–H and O–H groups in total. The van der Waals surface area contributed by atoms with Gasteiger partial charge >= 0.3 is 0 Å². The lowest BCUT2D eigenvalue weighted by atomic mass is 10.0. The molecule has 1 aromatic heterocycles. The zero-order valence-electron chi connectivity index (χ0n) is 9.99. The molecule has 0 aliphatic rings. The highest BCUT2D eigenvalue weighted by atomic mass is 14.6. The third-order valence-corrected chi connectivity index (χ3v) is 2.33. The van der Waals surface area contributed by atoms with Gasteiger partial charge in [0.1, 0.15) is 0 Å². The first-order valence-electron chi connectivity index (χ1n) is 5.61. The molecule has 0 aliphatic carbocycles. The molecule has 0 fully saturated rings. The number of pyridine rings is 1. The van der Waals surface area contributed by atoms with Gasteiger partial charge in [-0.3, -0.25) is 4.98 Å². The van der Waals surface area contributed by atoms with Crippen LogP contribution in [0.4, 0.5) is 0 Å². The fraction of sp³-hybridized carbons (Fsp3) is 0.357. The fourth-order valence-corrected chi connectivity index (χ4v) is 1.46. The van der Waals surface area contributed by atoms with Crippen molar-refractivity contribution in [1.29, 1.82) is 0 Å². The molecule has 15 heavy (non-hydrogen) atoms. The van der Waals surface area contributed by atoms with Gasteiger partial charge in [0, 0.05) is 17.8 Å². The molecular weight excluding hydrogens is 182 g/mol. The first kappa shape index (κ1) is 11.7. The van der Waals surface area contributed by atoms with Crippen molar-refractivity contribution < 1.29 is 0 Å². The van der Waals surface area contributed by atoms with Crippen molar-refractivity contribution in [3.8, 4) is 0 Å². The Labute approximate surface area is 92.2 Å². The van der Waals surface area contributed by atoms with E-state index in [-0.39, 0.29) is 0 Å². The van der Waals surface area contributed by atoms with Gasteiger partial charge in [0.25, 0.3) is 0 Å². The van der Waals surface area contributed by atoms with Crippen LogP contribution in [0, 0.1) is 0 Å². The minimum Gasteiger partial charge on any atom is -0.264 e. The molecule has 0 atom stereocenters. The highest BCUT2D eigenvalue weighted by Gasteiger charge is 1.99. The third-order valence-electron chi connectivity index (χ3n) is 2.33. The van der Waals surface area contributed by atoms with E-state index in [1.54, 1.807) is 0 Å². The van der Waals surface area contributed by atoms with E-state index in [0.29, 0.717) is 5.92 Å². The van der Waals surface area contributed by atoms with Gasteiger partial charge in [0.15, 0.2) is 0 Å². The lowest BCUT2D eigenvalue weighted by Crippen LogP contribution is -1.86. The molecule has 0 saturated heterocycles. The van der Waals surface area contributed by atoms with Crippen molar-refractivity contribution in [3.05, 3.63) is 42.2 Å². The van der Waals surface area contributed by atoms with E-state index in [4.69, 9.17) is 0 Å². The van der Waals surface area contributed by atoms with Crippen molar-refractivity contribution in [2.75, 3.05) is 0 Å². The molecule has 0 amide bonds. The number of aromatic nitrogens is 1. The Morgan fingerprint density at radius 1 is 1.00 bits per heavy atom. The predicted octanol–water partition coefficient (Wildman–Crippen LogP) is 4.38. The molecule has 1 heterocycles. The number of hydrogen-bond donors (Lipinski definition) is 0. The van der Waals surface area contributed by atoms with Crippen LogP contribution in [0.3, 0.4) is 0 Å². The minimum absolute atomic E-state index is 0.588. The highest BCUT2D eigenvalue weighted by Crippen LogP contribution is 2.20. The molecule has 1 aromatic carbocycles. The second-order valence-electron chi connectivity index (χ2n) is 3.64. The molecule has 80 valence electrons. The third kappa shape index (κ3) is 2.79. The van der Waals surface area contributed by atoms with Crippen LogP contribution < -0.4 is 0 Å². The SMILES string of the molecule is CC.CC(C)c1ccc2ccncc2c1. The summed E-state index contributed by atoms with van der Waals surface area (Å²) in [5.74, 6) is 0.588. The standard InChI is InChI=1S/C12H13N.C2H6/c1-9(2)11-4-3-10-5-6-13-8-12(10)7-11;1-2/h3-9H,1-2H3;1-2H3. The zero-order chi connectivity index (χ0) is 11.3. The second-order valence-corrected chi connectivity index (χ2v) is 3.64. The average Bonchev–Trinajstić information content (AvgIpc) is 2.31. The van der Waals surface area contributed by atoms with Gasteiger partial charge in [0.2, 0.25) is 0 Å². The van der Waals surface area contributed by atoms with Crippen LogP contribution in [0.2, 0.25) is 0 Å². The van der Waals surface area contributed by atoms with E-state index in [9.17, 15) is 0 Å². The maximum Gasteiger partial charge on any atom is 0.0346 e. The summed E-state index contributed by atoms with van der Waals surface area (Å²) in [6, 6.07) is 8.60. The molecule has 0 spiro atoms. The molecule has 0 radical (unpaired) electrons. The molecule has 1 heteroatoms. The van der Waals surface area contributed by atoms with Gasteiger partial charge in [-0.1, -0.05) is 39.8 Å². The molecular formula is C14H19N. The maximum absolute atomic E-state index is 4.11. The lowest BCUT2D eigenvalue weighted by Gasteiger charge is -2.05. The molecule has 0 aliphatic heterocycles. The number of rotatable bonds is 1. The van der Waals surface area contributed by atoms with Crippen molar-refractivity contribution in [3.63, 3.8) is 0 Å². The Kier molecular flexibility index (Phi) is 4.29. The van der Waals surface area contributed by atoms with E-state index in [0.717, 1.165) is 0 Å². The maximum atomic E-state index is 4.11. The van der Waals surface area contributed by atoms with E-state index in [1.165, 1.54) is 16.3 Å². The van der Waals surface area contributed by atoms with Gasteiger partial charge in [-0.25, -0.2) is 0 Å². The van der Waals surface area contributed by atoms with Crippen LogP contribution in [-0.4, -0.2) is 4.98 Å². The fourth-order valence-electron chi connectivity index (χ4n) is 1.46. The summed E-state index contributed by atoms with van der Waals surface area (Å²) in [4.78, 5) is 4.11. The number of fused-ring (bicyclic) bond motifs is 1. The topological polar surface area (TPSA) is 12.9 Å². The van der Waals surface area contributed by atoms with Crippen LogP contribution >= 0.6 is 0 Å². The van der Waals surface area contributed by atoms with Gasteiger partial charge in [-0.05, 0) is 29.0 Å². The first-order chi connectivity index (χ1) is 7.27. The highest BCUT2D eigenvalue weighted by molar-refractivity contribution is 5.82. The van der Waals surface area contributed by atoms with Crippen molar-refractivity contribution >= 4 is 10.8 Å². The summed E-state index contributed by atoms with van der Waals surface area (Å²) in [6.45, 7) is 8.41. The molecule has 0 saturated carbocycles. The van der Waals surface area contributed by atoms with Gasteiger partial charge in [0.05, 0.1) is 0 Å². The molecule has 0 bridgehead atoms. The van der Waals surface area contributed by atoms with Gasteiger partial charge < -0.3 is 0 Å². The quantitative estimate of drug-likeness (QED) is 0.667. The Hall–Kier alpha value is -1.37. The summed E-state index contributed by atoms with van der Waals surface area (Å²) in [5.41, 5.74) is 1.38. The molecule has 2 aromatic rings. The van der Waals surface area contributed by atoms with Gasteiger partial charge in [-0.2, -0.15) is 0 Å². The summed E-state index contributed by atoms with van der Waals surface area (Å²) >= 11 is 0. The van der Waals surface area contributed by atoms with E-state index >= 15 is 0 Å². The second kappa shape index (κ2) is 5.50. The van der Waals surface area contributed by atoms with E-state index in [2.05, 4.69) is 37.0 Å². The number of hydrogen-bond acceptors (Lipinski definition) is 1. The zero-order valence-corrected chi connectivity index (χ0v) is 9.99. The van der Waals surface area contributed by atoms with Crippen molar-refractivity contribution in [2.45, 2.75) is 33.6 Å². The Morgan fingerprint density at radius 2 is 1.73 bits per heavy atom. The molecule has 2 rings (SSSR count). The smallest absolute Gasteiger partial charge is 0.0346 e. The molecule has 1 nitrogen and oxygen atoms in total. The largest absolute Gasteiger partial charge is 0.264 e. The number of nitrogens with zero attached hydrogens (tertiary/aromatic N) is 1. The molecule has 0 unspecified atom stereocenters. The Bertz CT molecular complexity index is 418. The van der Waals surface area contributed by atoms with Crippen molar-refractivity contribution in [1.82, 2.24) is 4.98 Å².